The van der Waals surface area contributed by atoms with Crippen LogP contribution in [-0.4, -0.2) is 82.6 Å². The summed E-state index contributed by atoms with van der Waals surface area (Å²) in [7, 11) is 0. The zero-order chi connectivity index (χ0) is 23.0. The molecule has 1 aromatic carbocycles. The molecule has 2 fully saturated rings. The van der Waals surface area contributed by atoms with E-state index < -0.39 is 29.7 Å². The van der Waals surface area contributed by atoms with E-state index in [1.54, 1.807) is 25.1 Å². The van der Waals surface area contributed by atoms with Crippen molar-refractivity contribution in [1.29, 1.82) is 0 Å². The molecule has 0 saturated carbocycles. The van der Waals surface area contributed by atoms with Crippen LogP contribution in [0.25, 0.3) is 0 Å². The van der Waals surface area contributed by atoms with Gasteiger partial charge in [0.1, 0.15) is 18.7 Å². The van der Waals surface area contributed by atoms with Gasteiger partial charge in [-0.3, -0.25) is 38.7 Å². The fourth-order valence-electron chi connectivity index (χ4n) is 4.86. The van der Waals surface area contributed by atoms with Crippen LogP contribution in [-0.2, 0) is 19.1 Å². The van der Waals surface area contributed by atoms with E-state index in [4.69, 9.17) is 4.74 Å². The normalized spacial score (nSPS) is 23.8. The van der Waals surface area contributed by atoms with Crippen LogP contribution in [0.4, 0.5) is 0 Å². The van der Waals surface area contributed by atoms with E-state index in [1.165, 1.54) is 0 Å². The van der Waals surface area contributed by atoms with Crippen LogP contribution in [0.2, 0.25) is 0 Å². The number of hydrogen-bond donors (Lipinski definition) is 0. The van der Waals surface area contributed by atoms with Gasteiger partial charge in [-0.25, -0.2) is 0 Å². The van der Waals surface area contributed by atoms with Crippen molar-refractivity contribution in [2.24, 2.45) is 0 Å². The van der Waals surface area contributed by atoms with Crippen molar-refractivity contribution in [3.63, 3.8) is 0 Å². The van der Waals surface area contributed by atoms with Gasteiger partial charge in [0.15, 0.2) is 0 Å². The average Bonchev–Trinajstić information content (AvgIpc) is 3.35. The average molecular weight is 441 g/mol. The lowest BCUT2D eigenvalue weighted by atomic mass is 10.0. The quantitative estimate of drug-likeness (QED) is 0.482. The number of rotatable bonds is 6. The molecule has 0 radical (unpaired) electrons. The highest BCUT2D eigenvalue weighted by molar-refractivity contribution is 6.24. The number of ether oxygens (including phenoxy) is 1. The maximum absolute atomic E-state index is 13.1. The van der Waals surface area contributed by atoms with Crippen molar-refractivity contribution in [3.8, 4) is 0 Å². The zero-order valence-corrected chi connectivity index (χ0v) is 18.3. The molecule has 32 heavy (non-hydrogen) atoms. The molecule has 2 saturated heterocycles. The molecule has 0 aliphatic carbocycles. The second-order valence-corrected chi connectivity index (χ2v) is 8.37. The fourth-order valence-corrected chi connectivity index (χ4v) is 4.86. The molecule has 9 nitrogen and oxygen atoms in total. The van der Waals surface area contributed by atoms with Crippen LogP contribution >= 0.6 is 0 Å². The number of piperidine rings is 1. The van der Waals surface area contributed by atoms with Gasteiger partial charge < -0.3 is 4.74 Å². The number of nitrogens with zero attached hydrogens (tertiary/aromatic N) is 3. The number of likely N-dealkylation sites (N-methyl/N-ethyl adjacent to an activating group) is 1. The Hall–Kier alpha value is -3.07. The summed E-state index contributed by atoms with van der Waals surface area (Å²) in [6.45, 7) is 5.12. The van der Waals surface area contributed by atoms with Crippen LogP contribution in [0.3, 0.4) is 0 Å². The SMILES string of the molecule is CCN1CCC[C@H]1C(=O)OCCN1C(=O)CCC(N2C(=O)c3cccc(C)c3C2=O)C1=O. The lowest BCUT2D eigenvalue weighted by molar-refractivity contribution is -0.157. The Kier molecular flexibility index (Phi) is 6.10. The smallest absolute Gasteiger partial charge is 0.323 e. The Bertz CT molecular complexity index is 990. The summed E-state index contributed by atoms with van der Waals surface area (Å²) in [6, 6.07) is 3.67. The molecule has 9 heteroatoms. The molecule has 3 heterocycles. The highest BCUT2D eigenvalue weighted by Gasteiger charge is 2.47. The van der Waals surface area contributed by atoms with Crippen LogP contribution in [0.15, 0.2) is 18.2 Å². The molecule has 0 N–H and O–H groups in total. The van der Waals surface area contributed by atoms with E-state index in [0.29, 0.717) is 11.1 Å². The number of hydrogen-bond acceptors (Lipinski definition) is 7. The summed E-state index contributed by atoms with van der Waals surface area (Å²) in [5.41, 5.74) is 1.25. The molecule has 0 spiro atoms. The van der Waals surface area contributed by atoms with Gasteiger partial charge in [-0.05, 0) is 50.9 Å². The van der Waals surface area contributed by atoms with Crippen LogP contribution in [0, 0.1) is 6.92 Å². The van der Waals surface area contributed by atoms with E-state index in [0.717, 1.165) is 35.7 Å². The van der Waals surface area contributed by atoms with Gasteiger partial charge in [0, 0.05) is 6.42 Å². The van der Waals surface area contributed by atoms with Crippen molar-refractivity contribution in [2.75, 3.05) is 26.2 Å². The van der Waals surface area contributed by atoms with E-state index in [2.05, 4.69) is 0 Å². The van der Waals surface area contributed by atoms with E-state index in [1.807, 2.05) is 11.8 Å². The number of carbonyl (C=O) groups excluding carboxylic acids is 5. The second-order valence-electron chi connectivity index (χ2n) is 8.37. The molecular weight excluding hydrogens is 414 g/mol. The molecule has 0 bridgehead atoms. The summed E-state index contributed by atoms with van der Waals surface area (Å²) in [6.07, 6.45) is 1.78. The number of carbonyl (C=O) groups is 5. The second kappa shape index (κ2) is 8.82. The van der Waals surface area contributed by atoms with Gasteiger partial charge in [0.25, 0.3) is 17.7 Å². The van der Waals surface area contributed by atoms with Crippen LogP contribution < -0.4 is 0 Å². The van der Waals surface area contributed by atoms with Gasteiger partial charge >= 0.3 is 5.97 Å². The van der Waals surface area contributed by atoms with E-state index in [-0.39, 0.29) is 43.6 Å². The van der Waals surface area contributed by atoms with Crippen LogP contribution in [0.1, 0.15) is 58.9 Å². The minimum Gasteiger partial charge on any atom is -0.463 e. The highest BCUT2D eigenvalue weighted by Crippen LogP contribution is 2.30. The van der Waals surface area contributed by atoms with Crippen molar-refractivity contribution in [1.82, 2.24) is 14.7 Å². The van der Waals surface area contributed by atoms with Crippen molar-refractivity contribution in [3.05, 3.63) is 34.9 Å². The Labute approximate surface area is 186 Å². The molecule has 3 aliphatic heterocycles. The predicted octanol–water partition coefficient (Wildman–Crippen LogP) is 1.14. The molecule has 0 aromatic heterocycles. The first-order valence-electron chi connectivity index (χ1n) is 11.1. The van der Waals surface area contributed by atoms with Crippen molar-refractivity contribution < 1.29 is 28.7 Å². The molecule has 4 amide bonds. The van der Waals surface area contributed by atoms with E-state index in [9.17, 15) is 24.0 Å². The number of aryl methyl sites for hydroxylation is 1. The van der Waals surface area contributed by atoms with E-state index >= 15 is 0 Å². The Morgan fingerprint density at radius 2 is 1.91 bits per heavy atom. The Balaban J connectivity index is 1.42. The third-order valence-corrected chi connectivity index (χ3v) is 6.55. The van der Waals surface area contributed by atoms with Crippen molar-refractivity contribution in [2.45, 2.75) is 51.6 Å². The topological polar surface area (TPSA) is 104 Å². The van der Waals surface area contributed by atoms with Crippen LogP contribution in [0.5, 0.6) is 0 Å². The Morgan fingerprint density at radius 3 is 2.62 bits per heavy atom. The number of imide groups is 2. The number of amides is 4. The molecule has 170 valence electrons. The zero-order valence-electron chi connectivity index (χ0n) is 18.3. The van der Waals surface area contributed by atoms with Gasteiger partial charge in [-0.15, -0.1) is 0 Å². The Morgan fingerprint density at radius 1 is 1.12 bits per heavy atom. The number of esters is 1. The summed E-state index contributed by atoms with van der Waals surface area (Å²) >= 11 is 0. The van der Waals surface area contributed by atoms with Crippen molar-refractivity contribution >= 4 is 29.6 Å². The van der Waals surface area contributed by atoms with Gasteiger partial charge in [-0.2, -0.15) is 0 Å². The predicted molar refractivity (Wildman–Crippen MR) is 113 cm³/mol. The first kappa shape index (κ1) is 22.1. The number of likely N-dealkylation sites (tertiary alicyclic amines) is 2. The van der Waals surface area contributed by atoms with Gasteiger partial charge in [0.2, 0.25) is 5.91 Å². The van der Waals surface area contributed by atoms with Gasteiger partial charge in [-0.1, -0.05) is 19.1 Å². The summed E-state index contributed by atoms with van der Waals surface area (Å²) < 4.78 is 5.35. The first-order valence-corrected chi connectivity index (χ1v) is 11.1. The summed E-state index contributed by atoms with van der Waals surface area (Å²) in [4.78, 5) is 67.7. The minimum absolute atomic E-state index is 0.0307. The number of fused-ring (bicyclic) bond motifs is 1. The maximum Gasteiger partial charge on any atom is 0.323 e. The largest absolute Gasteiger partial charge is 0.463 e. The number of benzene rings is 1. The minimum atomic E-state index is -1.04. The highest BCUT2D eigenvalue weighted by atomic mass is 16.5. The molecule has 1 unspecified atom stereocenters. The summed E-state index contributed by atoms with van der Waals surface area (Å²) in [5, 5.41) is 0. The molecule has 3 aliphatic rings. The monoisotopic (exact) mass is 441 g/mol. The lowest BCUT2D eigenvalue weighted by Gasteiger charge is -2.34. The first-order chi connectivity index (χ1) is 15.3. The molecular formula is C23H27N3O6. The summed E-state index contributed by atoms with van der Waals surface area (Å²) in [5.74, 6) is -2.39. The molecule has 2 atom stereocenters. The van der Waals surface area contributed by atoms with Gasteiger partial charge in [0.05, 0.1) is 17.7 Å². The third-order valence-electron chi connectivity index (χ3n) is 6.55. The molecule has 1 aromatic rings. The third kappa shape index (κ3) is 3.70. The maximum atomic E-state index is 13.1. The lowest BCUT2D eigenvalue weighted by Crippen LogP contribution is -2.56. The standard InChI is InChI=1S/C23H27N3O6/c1-3-24-11-5-8-17(24)23(31)32-13-12-25-18(27)10-9-16(21(25)29)26-20(28)15-7-4-6-14(2)19(15)22(26)30/h4,6-7,16-17H,3,5,8-13H2,1-2H3/t16?,17-/m0/s1. The fraction of sp³-hybridized carbons (Fsp3) is 0.522. The molecule has 4 rings (SSSR count).